The normalized spacial score (nSPS) is 14.9. The Bertz CT molecular complexity index is 1120. The summed E-state index contributed by atoms with van der Waals surface area (Å²) in [5.41, 5.74) is 0.906. The number of carbonyl (C=O) groups excluding carboxylic acids is 4. The lowest BCUT2D eigenvalue weighted by Crippen LogP contribution is -2.28. The number of unbranched alkanes of at least 4 members (excludes halogenated alkanes) is 1. The molecule has 2 aromatic rings. The highest BCUT2D eigenvalue weighted by Gasteiger charge is 2.36. The van der Waals surface area contributed by atoms with Gasteiger partial charge in [-0.25, -0.2) is 4.79 Å². The van der Waals surface area contributed by atoms with Gasteiger partial charge in [-0.15, -0.1) is 0 Å². The van der Waals surface area contributed by atoms with E-state index < -0.39 is 35.3 Å². The molecule has 3 rings (SSSR count). The van der Waals surface area contributed by atoms with Gasteiger partial charge >= 0.3 is 11.9 Å². The minimum absolute atomic E-state index is 0.00370. The second-order valence-corrected chi connectivity index (χ2v) is 7.91. The van der Waals surface area contributed by atoms with Crippen LogP contribution in [0.2, 0.25) is 0 Å². The molecule has 0 spiro atoms. The number of nitro groups is 1. The molecule has 1 aliphatic rings. The molecule has 2 aromatic carbocycles. The van der Waals surface area contributed by atoms with Gasteiger partial charge in [-0.2, -0.15) is 0 Å². The molecular weight excluding hydrogens is 458 g/mol. The quantitative estimate of drug-likeness (QED) is 0.235. The first kappa shape index (κ1) is 25.3. The number of benzene rings is 2. The third-order valence-corrected chi connectivity index (χ3v) is 5.29. The van der Waals surface area contributed by atoms with Gasteiger partial charge in [-0.3, -0.25) is 24.5 Å². The molecular formula is C24H25N3O8. The van der Waals surface area contributed by atoms with E-state index in [4.69, 9.17) is 9.47 Å². The van der Waals surface area contributed by atoms with E-state index in [1.165, 1.54) is 47.4 Å². The van der Waals surface area contributed by atoms with Gasteiger partial charge in [-0.1, -0.05) is 19.4 Å². The van der Waals surface area contributed by atoms with E-state index in [9.17, 15) is 29.3 Å². The van der Waals surface area contributed by atoms with Crippen molar-refractivity contribution in [3.63, 3.8) is 0 Å². The van der Waals surface area contributed by atoms with E-state index in [2.05, 4.69) is 5.32 Å². The van der Waals surface area contributed by atoms with E-state index >= 15 is 0 Å². The fourth-order valence-electron chi connectivity index (χ4n) is 3.42. The van der Waals surface area contributed by atoms with E-state index in [-0.39, 0.29) is 24.6 Å². The molecule has 1 saturated heterocycles. The number of carbonyl (C=O) groups is 4. The molecule has 0 saturated carbocycles. The summed E-state index contributed by atoms with van der Waals surface area (Å²) in [6, 6.07) is 11.7. The fraction of sp³-hybridized carbons (Fsp3) is 0.333. The zero-order chi connectivity index (χ0) is 25.4. The van der Waals surface area contributed by atoms with Crippen LogP contribution in [0.5, 0.6) is 0 Å². The summed E-state index contributed by atoms with van der Waals surface area (Å²) in [4.78, 5) is 60.5. The third-order valence-electron chi connectivity index (χ3n) is 5.29. The molecule has 1 fully saturated rings. The molecule has 0 aliphatic carbocycles. The van der Waals surface area contributed by atoms with Gasteiger partial charge in [0.05, 0.1) is 28.7 Å². The molecule has 0 radical (unpaired) electrons. The molecule has 1 heterocycles. The lowest BCUT2D eigenvalue weighted by molar-refractivity contribution is -0.384. The van der Waals surface area contributed by atoms with Crippen LogP contribution in [-0.4, -0.2) is 48.4 Å². The molecule has 0 bridgehead atoms. The summed E-state index contributed by atoms with van der Waals surface area (Å²) in [5, 5.41) is 13.5. The van der Waals surface area contributed by atoms with Crippen LogP contribution >= 0.6 is 0 Å². The van der Waals surface area contributed by atoms with Crippen molar-refractivity contribution in [2.75, 3.05) is 30.0 Å². The van der Waals surface area contributed by atoms with Crippen molar-refractivity contribution >= 4 is 40.8 Å². The van der Waals surface area contributed by atoms with Crippen molar-refractivity contribution in [3.05, 3.63) is 64.2 Å². The number of hydrogen-bond donors (Lipinski definition) is 1. The maximum absolute atomic E-state index is 12.4. The van der Waals surface area contributed by atoms with Crippen LogP contribution in [0.25, 0.3) is 0 Å². The maximum atomic E-state index is 12.4. The van der Waals surface area contributed by atoms with Gasteiger partial charge in [0.15, 0.2) is 6.61 Å². The number of rotatable bonds is 10. The Morgan fingerprint density at radius 2 is 1.89 bits per heavy atom. The maximum Gasteiger partial charge on any atom is 0.338 e. The number of esters is 2. The SMILES string of the molecule is CCCCOC(=O)c1ccc(NC(=O)COC(=O)[C@@H]2CC(=O)N(c3cccc([N+](=O)[O-])c3)C2)cc1. The average Bonchev–Trinajstić information content (AvgIpc) is 3.25. The smallest absolute Gasteiger partial charge is 0.338 e. The van der Waals surface area contributed by atoms with Crippen LogP contribution in [0.4, 0.5) is 17.1 Å². The number of ether oxygens (including phenoxy) is 2. The van der Waals surface area contributed by atoms with Gasteiger partial charge in [0.2, 0.25) is 5.91 Å². The van der Waals surface area contributed by atoms with Gasteiger partial charge in [0.25, 0.3) is 11.6 Å². The summed E-state index contributed by atoms with van der Waals surface area (Å²) < 4.78 is 10.2. The first-order chi connectivity index (χ1) is 16.8. The molecule has 35 heavy (non-hydrogen) atoms. The fourth-order valence-corrected chi connectivity index (χ4v) is 3.42. The van der Waals surface area contributed by atoms with Gasteiger partial charge in [0.1, 0.15) is 0 Å². The van der Waals surface area contributed by atoms with Gasteiger partial charge in [0, 0.05) is 30.8 Å². The van der Waals surface area contributed by atoms with Crippen LogP contribution in [0.15, 0.2) is 48.5 Å². The number of nitrogens with one attached hydrogen (secondary N) is 1. The molecule has 11 nitrogen and oxygen atoms in total. The van der Waals surface area contributed by atoms with Crippen LogP contribution in [0.3, 0.4) is 0 Å². The molecule has 1 atom stereocenters. The molecule has 1 N–H and O–H groups in total. The average molecular weight is 483 g/mol. The van der Waals surface area contributed by atoms with Crippen LogP contribution < -0.4 is 10.2 Å². The van der Waals surface area contributed by atoms with E-state index in [1.54, 1.807) is 6.07 Å². The van der Waals surface area contributed by atoms with Crippen molar-refractivity contribution in [1.29, 1.82) is 0 Å². The Hall–Kier alpha value is -4.28. The predicted molar refractivity (Wildman–Crippen MR) is 125 cm³/mol. The van der Waals surface area contributed by atoms with Crippen molar-refractivity contribution in [2.24, 2.45) is 5.92 Å². The number of nitrogens with zero attached hydrogens (tertiary/aromatic N) is 2. The molecule has 11 heteroatoms. The predicted octanol–water partition coefficient (Wildman–Crippen LogP) is 3.09. The summed E-state index contributed by atoms with van der Waals surface area (Å²) in [7, 11) is 0. The van der Waals surface area contributed by atoms with Gasteiger partial charge in [-0.05, 0) is 36.8 Å². The van der Waals surface area contributed by atoms with E-state index in [0.717, 1.165) is 12.8 Å². The minimum atomic E-state index is -0.799. The summed E-state index contributed by atoms with van der Waals surface area (Å²) in [5.74, 6) is -2.92. The van der Waals surface area contributed by atoms with Crippen molar-refractivity contribution in [1.82, 2.24) is 0 Å². The Morgan fingerprint density at radius 3 is 2.57 bits per heavy atom. The third kappa shape index (κ3) is 6.85. The Morgan fingerprint density at radius 1 is 1.14 bits per heavy atom. The first-order valence-corrected chi connectivity index (χ1v) is 11.1. The Labute approximate surface area is 201 Å². The molecule has 184 valence electrons. The van der Waals surface area contributed by atoms with Crippen LogP contribution in [0, 0.1) is 16.0 Å². The second kappa shape index (κ2) is 11.7. The highest BCUT2D eigenvalue weighted by Crippen LogP contribution is 2.28. The van der Waals surface area contributed by atoms with Crippen molar-refractivity contribution < 1.29 is 33.6 Å². The standard InChI is InChI=1S/C24H25N3O8/c1-2-3-11-34-23(30)16-7-9-18(10-8-16)25-21(28)15-35-24(31)17-12-22(29)26(14-17)19-5-4-6-20(13-19)27(32)33/h4-10,13,17H,2-3,11-12,14-15H2,1H3,(H,25,28)/t17-/m1/s1. The monoisotopic (exact) mass is 483 g/mol. The number of amides is 2. The van der Waals surface area contributed by atoms with Crippen molar-refractivity contribution in [2.45, 2.75) is 26.2 Å². The highest BCUT2D eigenvalue weighted by atomic mass is 16.6. The molecule has 0 unspecified atom stereocenters. The summed E-state index contributed by atoms with van der Waals surface area (Å²) in [6.07, 6.45) is 1.56. The molecule has 1 aliphatic heterocycles. The molecule has 2 amide bonds. The summed E-state index contributed by atoms with van der Waals surface area (Å²) >= 11 is 0. The topological polar surface area (TPSA) is 145 Å². The Balaban J connectivity index is 1.47. The van der Waals surface area contributed by atoms with Crippen LogP contribution in [0.1, 0.15) is 36.5 Å². The van der Waals surface area contributed by atoms with E-state index in [1.807, 2.05) is 6.92 Å². The largest absolute Gasteiger partial charge is 0.462 e. The van der Waals surface area contributed by atoms with Crippen molar-refractivity contribution in [3.8, 4) is 0 Å². The number of hydrogen-bond acceptors (Lipinski definition) is 8. The van der Waals surface area contributed by atoms with Gasteiger partial charge < -0.3 is 19.7 Å². The first-order valence-electron chi connectivity index (χ1n) is 11.1. The number of non-ortho nitro benzene ring substituents is 1. The Kier molecular flexibility index (Phi) is 8.49. The number of nitro benzene ring substituents is 1. The lowest BCUT2D eigenvalue weighted by Gasteiger charge is -2.16. The second-order valence-electron chi connectivity index (χ2n) is 7.91. The minimum Gasteiger partial charge on any atom is -0.462 e. The summed E-state index contributed by atoms with van der Waals surface area (Å²) in [6.45, 7) is 1.77. The van der Waals surface area contributed by atoms with E-state index in [0.29, 0.717) is 23.5 Å². The molecule has 0 aromatic heterocycles. The number of anilines is 2. The van der Waals surface area contributed by atoms with Crippen LogP contribution in [-0.2, 0) is 23.9 Å². The zero-order valence-electron chi connectivity index (χ0n) is 19.1. The highest BCUT2D eigenvalue weighted by molar-refractivity contribution is 6.00. The lowest BCUT2D eigenvalue weighted by atomic mass is 10.1. The zero-order valence-corrected chi connectivity index (χ0v) is 19.1.